The van der Waals surface area contributed by atoms with Gasteiger partial charge in [0.05, 0.1) is 6.17 Å². The summed E-state index contributed by atoms with van der Waals surface area (Å²) in [5, 5.41) is 4.29. The fourth-order valence-electron chi connectivity index (χ4n) is 3.31. The molecule has 0 aromatic carbocycles. The van der Waals surface area contributed by atoms with Gasteiger partial charge in [0.15, 0.2) is 6.29 Å². The van der Waals surface area contributed by atoms with Crippen molar-refractivity contribution in [2.45, 2.75) is 32.1 Å². The van der Waals surface area contributed by atoms with E-state index in [-0.39, 0.29) is 6.17 Å². The van der Waals surface area contributed by atoms with Crippen molar-refractivity contribution in [1.82, 2.24) is 19.8 Å². The van der Waals surface area contributed by atoms with Crippen LogP contribution in [-0.2, 0) is 4.79 Å². The van der Waals surface area contributed by atoms with E-state index in [1.807, 2.05) is 5.01 Å². The average Bonchev–Trinajstić information content (AvgIpc) is 2.72. The van der Waals surface area contributed by atoms with Crippen molar-refractivity contribution in [2.75, 3.05) is 46.3 Å². The topological polar surface area (TPSA) is 56.1 Å². The van der Waals surface area contributed by atoms with Crippen LogP contribution in [0.2, 0.25) is 0 Å². The zero-order valence-corrected chi connectivity index (χ0v) is 12.4. The highest BCUT2D eigenvalue weighted by Gasteiger charge is 2.49. The first-order valence-electron chi connectivity index (χ1n) is 7.27. The van der Waals surface area contributed by atoms with Crippen LogP contribution in [0.25, 0.3) is 0 Å². The Bertz CT molecular complexity index is 318. The second kappa shape index (κ2) is 5.85. The van der Waals surface area contributed by atoms with Gasteiger partial charge >= 0.3 is 0 Å². The molecular weight excluding hydrogens is 242 g/mol. The largest absolute Gasteiger partial charge is 0.306 e. The van der Waals surface area contributed by atoms with E-state index in [9.17, 15) is 4.79 Å². The summed E-state index contributed by atoms with van der Waals surface area (Å²) in [6.07, 6.45) is 1.87. The lowest BCUT2D eigenvalue weighted by Crippen LogP contribution is -2.58. The number of likely N-dealkylation sites (N-methyl/N-ethyl adjacent to an activating group) is 2. The average molecular weight is 269 g/mol. The van der Waals surface area contributed by atoms with Crippen molar-refractivity contribution in [3.8, 4) is 0 Å². The molecule has 0 aliphatic carbocycles. The van der Waals surface area contributed by atoms with Crippen LogP contribution in [0.4, 0.5) is 0 Å². The van der Waals surface area contributed by atoms with Crippen molar-refractivity contribution >= 4 is 6.29 Å². The van der Waals surface area contributed by atoms with Crippen molar-refractivity contribution in [3.05, 3.63) is 0 Å². The smallest absolute Gasteiger partial charge is 0.156 e. The molecule has 0 saturated carbocycles. The van der Waals surface area contributed by atoms with Gasteiger partial charge in [0.2, 0.25) is 0 Å². The van der Waals surface area contributed by atoms with Gasteiger partial charge < -0.3 is 10.6 Å². The summed E-state index contributed by atoms with van der Waals surface area (Å²) in [6.45, 7) is 10.1. The Labute approximate surface area is 116 Å². The Morgan fingerprint density at radius 1 is 1.21 bits per heavy atom. The van der Waals surface area contributed by atoms with Crippen LogP contribution in [0.15, 0.2) is 0 Å². The van der Waals surface area contributed by atoms with Crippen LogP contribution in [0.5, 0.6) is 0 Å². The summed E-state index contributed by atoms with van der Waals surface area (Å²) >= 11 is 0. The summed E-state index contributed by atoms with van der Waals surface area (Å²) in [4.78, 5) is 16.2. The molecule has 6 nitrogen and oxygen atoms in total. The Morgan fingerprint density at radius 2 is 1.84 bits per heavy atom. The molecule has 0 aromatic heterocycles. The summed E-state index contributed by atoms with van der Waals surface area (Å²) in [5.74, 6) is 0. The van der Waals surface area contributed by atoms with E-state index >= 15 is 0 Å². The molecule has 2 rings (SSSR count). The molecule has 0 spiro atoms. The van der Waals surface area contributed by atoms with Gasteiger partial charge in [-0.3, -0.25) is 9.69 Å². The normalized spacial score (nSPS) is 35.9. The second-order valence-corrected chi connectivity index (χ2v) is 5.60. The third-order valence-electron chi connectivity index (χ3n) is 4.43. The van der Waals surface area contributed by atoms with Gasteiger partial charge in [0.1, 0.15) is 5.66 Å². The molecule has 6 heteroatoms. The molecule has 0 bridgehead atoms. The maximum Gasteiger partial charge on any atom is 0.156 e. The zero-order chi connectivity index (χ0) is 14.0. The van der Waals surface area contributed by atoms with E-state index in [0.717, 1.165) is 45.6 Å². The van der Waals surface area contributed by atoms with Crippen molar-refractivity contribution in [3.63, 3.8) is 0 Å². The van der Waals surface area contributed by atoms with Crippen molar-refractivity contribution in [1.29, 1.82) is 0 Å². The van der Waals surface area contributed by atoms with Gasteiger partial charge in [-0.15, -0.1) is 0 Å². The number of hydrogen-bond donors (Lipinski definition) is 1. The molecule has 2 fully saturated rings. The molecule has 2 unspecified atom stereocenters. The molecule has 2 heterocycles. The third kappa shape index (κ3) is 2.68. The van der Waals surface area contributed by atoms with E-state index in [0.29, 0.717) is 6.42 Å². The molecule has 0 aromatic rings. The Hall–Kier alpha value is -0.530. The lowest BCUT2D eigenvalue weighted by atomic mass is 10.1. The van der Waals surface area contributed by atoms with E-state index in [2.05, 4.69) is 35.7 Å². The number of hydrazine groups is 1. The number of carbonyl (C=O) groups excluding carboxylic acids is 1. The Balaban J connectivity index is 2.14. The first-order chi connectivity index (χ1) is 9.05. The fourth-order valence-corrected chi connectivity index (χ4v) is 3.31. The molecule has 2 N–H and O–H groups in total. The number of hydrogen-bond acceptors (Lipinski definition) is 6. The number of carbonyl (C=O) groups is 1. The van der Waals surface area contributed by atoms with Crippen LogP contribution < -0.4 is 5.73 Å². The minimum Gasteiger partial charge on any atom is -0.306 e. The second-order valence-electron chi connectivity index (χ2n) is 5.60. The van der Waals surface area contributed by atoms with E-state index < -0.39 is 5.66 Å². The van der Waals surface area contributed by atoms with Gasteiger partial charge in [-0.1, -0.05) is 13.8 Å². The van der Waals surface area contributed by atoms with E-state index in [1.165, 1.54) is 0 Å². The molecule has 2 aliphatic heterocycles. The Kier molecular flexibility index (Phi) is 4.58. The molecule has 0 radical (unpaired) electrons. The highest BCUT2D eigenvalue weighted by atomic mass is 16.1. The van der Waals surface area contributed by atoms with Crippen LogP contribution in [0, 0.1) is 0 Å². The van der Waals surface area contributed by atoms with Gasteiger partial charge in [0.25, 0.3) is 0 Å². The van der Waals surface area contributed by atoms with E-state index in [4.69, 9.17) is 5.73 Å². The number of rotatable bonds is 4. The zero-order valence-electron chi connectivity index (χ0n) is 12.4. The van der Waals surface area contributed by atoms with Gasteiger partial charge in [0, 0.05) is 45.7 Å². The summed E-state index contributed by atoms with van der Waals surface area (Å²) in [7, 11) is 2.15. The molecule has 19 heavy (non-hydrogen) atoms. The monoisotopic (exact) mass is 269 g/mol. The molecule has 2 saturated heterocycles. The number of piperazine rings is 1. The maximum atomic E-state index is 11.4. The van der Waals surface area contributed by atoms with Gasteiger partial charge in [-0.25, -0.2) is 10.0 Å². The highest BCUT2D eigenvalue weighted by molar-refractivity contribution is 5.63. The maximum absolute atomic E-state index is 11.4. The predicted molar refractivity (Wildman–Crippen MR) is 75.2 cm³/mol. The van der Waals surface area contributed by atoms with Crippen molar-refractivity contribution < 1.29 is 4.79 Å². The molecular formula is C13H27N5O. The molecule has 110 valence electrons. The van der Waals surface area contributed by atoms with Crippen LogP contribution in [0.3, 0.4) is 0 Å². The third-order valence-corrected chi connectivity index (χ3v) is 4.43. The fraction of sp³-hybridized carbons (Fsp3) is 0.923. The minimum atomic E-state index is -0.835. The van der Waals surface area contributed by atoms with Crippen LogP contribution in [0.1, 0.15) is 20.3 Å². The van der Waals surface area contributed by atoms with Crippen molar-refractivity contribution in [2.24, 2.45) is 5.73 Å². The van der Waals surface area contributed by atoms with Crippen LogP contribution in [-0.4, -0.2) is 84.2 Å². The molecule has 2 aliphatic rings. The lowest BCUT2D eigenvalue weighted by molar-refractivity contribution is -0.129. The predicted octanol–water partition coefficient (Wildman–Crippen LogP) is -0.624. The highest BCUT2D eigenvalue weighted by Crippen LogP contribution is 2.31. The SMILES string of the molecule is CCN1C(N2CCN(C)CC2)CC(N)(C=O)N1CC. The van der Waals surface area contributed by atoms with Gasteiger partial charge in [-0.05, 0) is 7.05 Å². The number of nitrogens with two attached hydrogens (primary N) is 1. The minimum absolute atomic E-state index is 0.258. The molecule has 2 atom stereocenters. The first-order valence-corrected chi connectivity index (χ1v) is 7.27. The lowest BCUT2D eigenvalue weighted by Gasteiger charge is -2.41. The quantitative estimate of drug-likeness (QED) is 0.686. The summed E-state index contributed by atoms with van der Waals surface area (Å²) in [6, 6.07) is 0. The first kappa shape index (κ1) is 14.9. The summed E-state index contributed by atoms with van der Waals surface area (Å²) in [5.41, 5.74) is 5.45. The molecule has 0 amide bonds. The number of aldehydes is 1. The summed E-state index contributed by atoms with van der Waals surface area (Å²) < 4.78 is 0. The van der Waals surface area contributed by atoms with E-state index in [1.54, 1.807) is 0 Å². The standard InChI is InChI=1S/C13H27N5O/c1-4-17-12(16-8-6-15(3)7-9-16)10-13(14,11-19)18(17)5-2/h11-12H,4-10,14H2,1-3H3. The van der Waals surface area contributed by atoms with Crippen LogP contribution >= 0.6 is 0 Å². The Morgan fingerprint density at radius 3 is 2.32 bits per heavy atom. The number of nitrogens with zero attached hydrogens (tertiary/aromatic N) is 4. The van der Waals surface area contributed by atoms with Gasteiger partial charge in [-0.2, -0.15) is 0 Å².